The number of aromatic nitrogens is 2. The van der Waals surface area contributed by atoms with Crippen LogP contribution >= 0.6 is 0 Å². The number of hydrogen-bond donors (Lipinski definition) is 0. The summed E-state index contributed by atoms with van der Waals surface area (Å²) < 4.78 is 7.74. The Bertz CT molecular complexity index is 1230. The minimum absolute atomic E-state index is 0.250. The molecule has 0 N–H and O–H groups in total. The minimum Gasteiger partial charge on any atom is -0.444 e. The molecule has 2 aromatic carbocycles. The highest BCUT2D eigenvalue weighted by molar-refractivity contribution is 5.93. The minimum atomic E-state index is -0.489. The first kappa shape index (κ1) is 25.0. The molecule has 1 aliphatic rings. The number of aryl methyl sites for hydroxylation is 2. The lowest BCUT2D eigenvalue weighted by Crippen LogP contribution is -2.39. The molecule has 2 heterocycles. The lowest BCUT2D eigenvalue weighted by atomic mass is 9.98. The van der Waals surface area contributed by atoms with Crippen LogP contribution < -0.4 is 0 Å². The normalized spacial score (nSPS) is 14.5. The molecule has 0 spiro atoms. The molecule has 4 rings (SSSR count). The average molecular weight is 475 g/mol. The molecule has 0 fully saturated rings. The highest BCUT2D eigenvalue weighted by atomic mass is 16.6. The summed E-state index contributed by atoms with van der Waals surface area (Å²) >= 11 is 0. The van der Waals surface area contributed by atoms with E-state index in [0.29, 0.717) is 13.1 Å². The molecule has 0 unspecified atom stereocenters. The summed E-state index contributed by atoms with van der Waals surface area (Å²) in [5.74, 6) is 0. The molecule has 0 aliphatic carbocycles. The molecular formula is C29H38N4O2. The van der Waals surface area contributed by atoms with E-state index in [9.17, 15) is 4.79 Å². The van der Waals surface area contributed by atoms with Crippen LogP contribution in [0.5, 0.6) is 0 Å². The van der Waals surface area contributed by atoms with E-state index >= 15 is 0 Å². The molecule has 0 saturated heterocycles. The van der Waals surface area contributed by atoms with Gasteiger partial charge in [-0.2, -0.15) is 5.10 Å². The van der Waals surface area contributed by atoms with Crippen LogP contribution in [0.1, 0.15) is 44.9 Å². The summed E-state index contributed by atoms with van der Waals surface area (Å²) in [5, 5.41) is 6.22. The van der Waals surface area contributed by atoms with Crippen molar-refractivity contribution in [3.63, 3.8) is 0 Å². The first-order valence-corrected chi connectivity index (χ1v) is 12.5. The smallest absolute Gasteiger partial charge is 0.410 e. The Balaban J connectivity index is 1.66. The van der Waals surface area contributed by atoms with Crippen molar-refractivity contribution in [3.8, 4) is 11.1 Å². The average Bonchev–Trinajstić information content (AvgIpc) is 3.15. The van der Waals surface area contributed by atoms with Crippen LogP contribution in [0.15, 0.2) is 48.5 Å². The molecule has 186 valence electrons. The first-order chi connectivity index (χ1) is 16.6. The van der Waals surface area contributed by atoms with Gasteiger partial charge < -0.3 is 14.5 Å². The third-order valence-electron chi connectivity index (χ3n) is 6.23. The molecule has 1 aromatic heterocycles. The molecule has 0 bridgehead atoms. The van der Waals surface area contributed by atoms with Gasteiger partial charge in [-0.05, 0) is 90.0 Å². The number of fused-ring (bicyclic) bond motifs is 1. The van der Waals surface area contributed by atoms with Crippen LogP contribution in [0.2, 0.25) is 0 Å². The van der Waals surface area contributed by atoms with Crippen LogP contribution in [-0.4, -0.2) is 65.0 Å². The predicted molar refractivity (Wildman–Crippen MR) is 143 cm³/mol. The standard InChI is InChI=1S/C29H38N4O2/c1-21-9-7-10-23(19-21)24-11-12-25-26(20-24)30-33(16-8-15-31(5)6)27(25)22-13-17-32(18-14-22)28(34)35-29(2,3)4/h7,9-13,19-20H,8,14-18H2,1-6H3. The number of hydrogen-bond acceptors (Lipinski definition) is 4. The van der Waals surface area contributed by atoms with Crippen molar-refractivity contribution in [3.05, 3.63) is 59.8 Å². The van der Waals surface area contributed by atoms with Crippen LogP contribution in [0.4, 0.5) is 4.79 Å². The fraction of sp³-hybridized carbons (Fsp3) is 0.448. The second-order valence-electron chi connectivity index (χ2n) is 10.7. The van der Waals surface area contributed by atoms with Gasteiger partial charge in [-0.15, -0.1) is 0 Å². The highest BCUT2D eigenvalue weighted by Crippen LogP contribution is 2.33. The molecule has 1 aliphatic heterocycles. The van der Waals surface area contributed by atoms with E-state index in [1.54, 1.807) is 4.90 Å². The van der Waals surface area contributed by atoms with Gasteiger partial charge in [0.25, 0.3) is 0 Å². The predicted octanol–water partition coefficient (Wildman–Crippen LogP) is 5.99. The van der Waals surface area contributed by atoms with E-state index in [1.807, 2.05) is 20.8 Å². The van der Waals surface area contributed by atoms with E-state index in [4.69, 9.17) is 9.84 Å². The van der Waals surface area contributed by atoms with E-state index in [2.05, 4.69) is 79.1 Å². The molecule has 0 atom stereocenters. The van der Waals surface area contributed by atoms with Crippen molar-refractivity contribution in [1.82, 2.24) is 19.6 Å². The second kappa shape index (κ2) is 10.2. The van der Waals surface area contributed by atoms with Gasteiger partial charge in [-0.1, -0.05) is 42.0 Å². The summed E-state index contributed by atoms with van der Waals surface area (Å²) in [6.07, 6.45) is 3.73. The maximum atomic E-state index is 12.5. The van der Waals surface area contributed by atoms with Gasteiger partial charge in [0.05, 0.1) is 11.2 Å². The van der Waals surface area contributed by atoms with Gasteiger partial charge in [0.15, 0.2) is 0 Å². The topological polar surface area (TPSA) is 50.6 Å². The fourth-order valence-electron chi connectivity index (χ4n) is 4.55. The van der Waals surface area contributed by atoms with E-state index in [0.717, 1.165) is 31.4 Å². The molecule has 0 saturated carbocycles. The van der Waals surface area contributed by atoms with E-state index < -0.39 is 5.60 Å². The van der Waals surface area contributed by atoms with Gasteiger partial charge >= 0.3 is 6.09 Å². The number of amides is 1. The zero-order valence-corrected chi connectivity index (χ0v) is 22.0. The fourth-order valence-corrected chi connectivity index (χ4v) is 4.55. The Kier molecular flexibility index (Phi) is 7.31. The third-order valence-corrected chi connectivity index (χ3v) is 6.23. The largest absolute Gasteiger partial charge is 0.444 e. The second-order valence-corrected chi connectivity index (χ2v) is 10.7. The van der Waals surface area contributed by atoms with Crippen LogP contribution in [-0.2, 0) is 11.3 Å². The summed E-state index contributed by atoms with van der Waals surface area (Å²) in [6.45, 7) is 10.9. The summed E-state index contributed by atoms with van der Waals surface area (Å²) in [4.78, 5) is 16.5. The van der Waals surface area contributed by atoms with Crippen molar-refractivity contribution < 1.29 is 9.53 Å². The Morgan fingerprint density at radius 3 is 2.54 bits per heavy atom. The van der Waals surface area contributed by atoms with E-state index in [-0.39, 0.29) is 6.09 Å². The zero-order valence-electron chi connectivity index (χ0n) is 22.0. The molecule has 6 nitrogen and oxygen atoms in total. The number of carbonyl (C=O) groups is 1. The van der Waals surface area contributed by atoms with Crippen molar-refractivity contribution in [2.45, 2.75) is 52.7 Å². The molecule has 6 heteroatoms. The van der Waals surface area contributed by atoms with Gasteiger partial charge in [0.2, 0.25) is 0 Å². The van der Waals surface area contributed by atoms with Crippen molar-refractivity contribution in [1.29, 1.82) is 0 Å². The number of rotatable bonds is 6. The van der Waals surface area contributed by atoms with Crippen LogP contribution in [0, 0.1) is 6.92 Å². The van der Waals surface area contributed by atoms with Gasteiger partial charge in [-0.3, -0.25) is 4.68 Å². The first-order valence-electron chi connectivity index (χ1n) is 12.5. The molecular weight excluding hydrogens is 436 g/mol. The number of nitrogens with zero attached hydrogens (tertiary/aromatic N) is 4. The molecule has 0 radical (unpaired) electrons. The Morgan fingerprint density at radius 1 is 1.11 bits per heavy atom. The lowest BCUT2D eigenvalue weighted by molar-refractivity contribution is 0.0270. The summed E-state index contributed by atoms with van der Waals surface area (Å²) in [5.41, 5.74) is 6.59. The Morgan fingerprint density at radius 2 is 1.89 bits per heavy atom. The quantitative estimate of drug-likeness (QED) is 0.440. The van der Waals surface area contributed by atoms with Crippen molar-refractivity contribution in [2.75, 3.05) is 33.7 Å². The number of carbonyl (C=O) groups excluding carboxylic acids is 1. The third kappa shape index (κ3) is 6.12. The van der Waals surface area contributed by atoms with Gasteiger partial charge in [0.1, 0.15) is 5.60 Å². The van der Waals surface area contributed by atoms with E-state index in [1.165, 1.54) is 33.3 Å². The summed E-state index contributed by atoms with van der Waals surface area (Å²) in [6, 6.07) is 15.2. The summed E-state index contributed by atoms with van der Waals surface area (Å²) in [7, 11) is 4.20. The Labute approximate surface area is 209 Å². The lowest BCUT2D eigenvalue weighted by Gasteiger charge is -2.29. The maximum Gasteiger partial charge on any atom is 0.410 e. The monoisotopic (exact) mass is 474 g/mol. The van der Waals surface area contributed by atoms with Crippen LogP contribution in [0.25, 0.3) is 27.6 Å². The van der Waals surface area contributed by atoms with Crippen molar-refractivity contribution >= 4 is 22.6 Å². The molecule has 1 amide bonds. The number of benzene rings is 2. The highest BCUT2D eigenvalue weighted by Gasteiger charge is 2.26. The maximum absolute atomic E-state index is 12.5. The van der Waals surface area contributed by atoms with Crippen LogP contribution in [0.3, 0.4) is 0 Å². The molecule has 3 aromatic rings. The van der Waals surface area contributed by atoms with Gasteiger partial charge in [0, 0.05) is 25.0 Å². The number of ether oxygens (including phenoxy) is 1. The SMILES string of the molecule is Cc1cccc(-c2ccc3c(C4=CCN(C(=O)OC(C)(C)C)CC4)n(CCCN(C)C)nc3c2)c1. The van der Waals surface area contributed by atoms with Crippen molar-refractivity contribution in [2.24, 2.45) is 0 Å². The Hall–Kier alpha value is -3.12. The zero-order chi connectivity index (χ0) is 25.2. The van der Waals surface area contributed by atoms with Gasteiger partial charge in [-0.25, -0.2) is 4.79 Å². The molecule has 35 heavy (non-hydrogen) atoms.